The molecule has 3 aromatic carbocycles. The third kappa shape index (κ3) is 7.17. The summed E-state index contributed by atoms with van der Waals surface area (Å²) in [7, 11) is 4.55. The van der Waals surface area contributed by atoms with E-state index in [-0.39, 0.29) is 22.6 Å². The van der Waals surface area contributed by atoms with Gasteiger partial charge < -0.3 is 28.5 Å². The van der Waals surface area contributed by atoms with E-state index in [1.165, 1.54) is 27.4 Å². The summed E-state index contributed by atoms with van der Waals surface area (Å²) in [6.45, 7) is 0.191. The lowest BCUT2D eigenvalue weighted by molar-refractivity contribution is -0.131. The summed E-state index contributed by atoms with van der Waals surface area (Å²) in [5, 5.41) is 18.9. The van der Waals surface area contributed by atoms with E-state index < -0.39 is 5.97 Å². The van der Waals surface area contributed by atoms with Crippen molar-refractivity contribution in [1.82, 2.24) is 10.2 Å². The molecule has 0 atom stereocenters. The van der Waals surface area contributed by atoms with E-state index in [0.717, 1.165) is 17.3 Å². The Hall–Kier alpha value is -3.86. The molecule has 0 fully saturated rings. The fraction of sp³-hybridized carbons (Fsp3) is 0.148. The zero-order valence-electron chi connectivity index (χ0n) is 20.9. The lowest BCUT2D eigenvalue weighted by Gasteiger charge is -2.12. The van der Waals surface area contributed by atoms with Gasteiger partial charge in [-0.05, 0) is 59.8 Å². The summed E-state index contributed by atoms with van der Waals surface area (Å²) in [5.74, 6) is 0.972. The number of benzene rings is 3. The van der Waals surface area contributed by atoms with Gasteiger partial charge in [0.2, 0.25) is 5.89 Å². The van der Waals surface area contributed by atoms with Crippen molar-refractivity contribution in [3.63, 3.8) is 0 Å². The van der Waals surface area contributed by atoms with Gasteiger partial charge in [0, 0.05) is 27.2 Å². The van der Waals surface area contributed by atoms with Crippen LogP contribution in [0.3, 0.4) is 0 Å². The number of carboxylic acids is 1. The highest BCUT2D eigenvalue weighted by Gasteiger charge is 2.18. The van der Waals surface area contributed by atoms with Gasteiger partial charge in [0.15, 0.2) is 11.5 Å². The lowest BCUT2D eigenvalue weighted by Crippen LogP contribution is -1.99. The number of nitrogens with zero attached hydrogens (tertiary/aromatic N) is 2. The number of hydrogen-bond donors (Lipinski definition) is 1. The van der Waals surface area contributed by atoms with Crippen molar-refractivity contribution >= 4 is 47.0 Å². The smallest absolute Gasteiger partial charge is 0.342 e. The average Bonchev–Trinajstić information content (AvgIpc) is 3.41. The van der Waals surface area contributed by atoms with E-state index >= 15 is 0 Å². The number of rotatable bonds is 11. The topological polar surface area (TPSA) is 113 Å². The van der Waals surface area contributed by atoms with Crippen molar-refractivity contribution in [3.05, 3.63) is 80.7 Å². The SMILES string of the molecule is COc1cc(OC)cc(-c2nnc(S/C(=C\c3ccc(OCc4ccc(Cl)cc4Cl)c(OC)c3)C(=O)O)o2)c1. The zero-order chi connectivity index (χ0) is 27.9. The third-order valence-corrected chi connectivity index (χ3v) is 6.74. The number of thioether (sulfide) groups is 1. The van der Waals surface area contributed by atoms with Crippen LogP contribution in [0.4, 0.5) is 0 Å². The predicted octanol–water partition coefficient (Wildman–Crippen LogP) is 6.87. The van der Waals surface area contributed by atoms with E-state index in [4.69, 9.17) is 46.6 Å². The van der Waals surface area contributed by atoms with Crippen LogP contribution in [0.5, 0.6) is 23.0 Å². The largest absolute Gasteiger partial charge is 0.497 e. The highest BCUT2D eigenvalue weighted by molar-refractivity contribution is 8.03. The summed E-state index contributed by atoms with van der Waals surface area (Å²) in [4.78, 5) is 12.0. The van der Waals surface area contributed by atoms with Crippen molar-refractivity contribution < 1.29 is 33.3 Å². The summed E-state index contributed by atoms with van der Waals surface area (Å²) in [5.41, 5.74) is 1.88. The molecule has 39 heavy (non-hydrogen) atoms. The number of carbonyl (C=O) groups is 1. The molecule has 0 saturated heterocycles. The molecule has 1 N–H and O–H groups in total. The molecule has 0 radical (unpaired) electrons. The average molecular weight is 589 g/mol. The Morgan fingerprint density at radius 3 is 2.33 bits per heavy atom. The van der Waals surface area contributed by atoms with E-state index in [2.05, 4.69) is 10.2 Å². The number of aromatic nitrogens is 2. The molecule has 0 aliphatic rings. The number of methoxy groups -OCH3 is 3. The van der Waals surface area contributed by atoms with Gasteiger partial charge in [0.05, 0.1) is 21.3 Å². The van der Waals surface area contributed by atoms with Crippen LogP contribution in [0.1, 0.15) is 11.1 Å². The second kappa shape index (κ2) is 12.8. The maximum absolute atomic E-state index is 12.0. The fourth-order valence-electron chi connectivity index (χ4n) is 3.37. The highest BCUT2D eigenvalue weighted by atomic mass is 35.5. The maximum Gasteiger partial charge on any atom is 0.342 e. The van der Waals surface area contributed by atoms with Crippen LogP contribution < -0.4 is 18.9 Å². The number of carboxylic acid groups (broad SMARTS) is 1. The molecule has 4 aromatic rings. The molecular weight excluding hydrogens is 567 g/mol. The van der Waals surface area contributed by atoms with E-state index in [0.29, 0.717) is 44.2 Å². The van der Waals surface area contributed by atoms with Crippen molar-refractivity contribution in [2.45, 2.75) is 11.8 Å². The molecule has 202 valence electrons. The van der Waals surface area contributed by atoms with E-state index in [1.54, 1.807) is 54.6 Å². The Balaban J connectivity index is 1.53. The summed E-state index contributed by atoms with van der Waals surface area (Å²) >= 11 is 13.0. The summed E-state index contributed by atoms with van der Waals surface area (Å²) < 4.78 is 27.6. The van der Waals surface area contributed by atoms with Gasteiger partial charge in [-0.25, -0.2) is 4.79 Å². The first kappa shape index (κ1) is 28.2. The molecule has 0 aliphatic carbocycles. The minimum atomic E-state index is -1.17. The molecule has 1 aromatic heterocycles. The van der Waals surface area contributed by atoms with Crippen LogP contribution >= 0.6 is 35.0 Å². The predicted molar refractivity (Wildman–Crippen MR) is 148 cm³/mol. The minimum absolute atomic E-state index is 0.0444. The standard InChI is InChI=1S/C27H22Cl2N2O7S/c1-34-19-10-17(11-20(13-19)35-2)25-30-31-27(38-25)39-24(26(32)33)9-15-4-7-22(23(8-15)36-3)37-14-16-5-6-18(28)12-21(16)29/h4-13H,14H2,1-3H3,(H,32,33)/b24-9-. The molecule has 1 heterocycles. The van der Waals surface area contributed by atoms with Crippen LogP contribution in [0.25, 0.3) is 17.5 Å². The molecular formula is C27H22Cl2N2O7S. The first-order chi connectivity index (χ1) is 18.8. The molecule has 0 spiro atoms. The Morgan fingerprint density at radius 1 is 0.949 bits per heavy atom. The normalized spacial score (nSPS) is 11.3. The van der Waals surface area contributed by atoms with Crippen LogP contribution in [0, 0.1) is 0 Å². The van der Waals surface area contributed by atoms with Crippen molar-refractivity contribution in [1.29, 1.82) is 0 Å². The van der Waals surface area contributed by atoms with Gasteiger partial charge in [0.25, 0.3) is 5.22 Å². The Bertz CT molecular complexity index is 1500. The molecule has 9 nitrogen and oxygen atoms in total. The van der Waals surface area contributed by atoms with Crippen molar-refractivity contribution in [3.8, 4) is 34.5 Å². The summed E-state index contributed by atoms with van der Waals surface area (Å²) in [6.07, 6.45) is 1.47. The van der Waals surface area contributed by atoms with Crippen molar-refractivity contribution in [2.24, 2.45) is 0 Å². The first-order valence-corrected chi connectivity index (χ1v) is 12.8. The van der Waals surface area contributed by atoms with Crippen molar-refractivity contribution in [2.75, 3.05) is 21.3 Å². The molecule has 0 aliphatic heterocycles. The van der Waals surface area contributed by atoms with Gasteiger partial charge in [-0.3, -0.25) is 0 Å². The quantitative estimate of drug-likeness (QED) is 0.147. The second-order valence-corrected chi connectivity index (χ2v) is 9.66. The Kier molecular flexibility index (Phi) is 9.23. The Morgan fingerprint density at radius 2 is 1.69 bits per heavy atom. The molecule has 4 rings (SSSR count). The second-order valence-electron chi connectivity index (χ2n) is 7.82. The van der Waals surface area contributed by atoms with Gasteiger partial charge in [-0.2, -0.15) is 0 Å². The molecule has 0 unspecified atom stereocenters. The van der Waals surface area contributed by atoms with Crippen LogP contribution in [-0.2, 0) is 11.4 Å². The number of ether oxygens (including phenoxy) is 4. The minimum Gasteiger partial charge on any atom is -0.497 e. The monoisotopic (exact) mass is 588 g/mol. The highest BCUT2D eigenvalue weighted by Crippen LogP contribution is 2.35. The third-order valence-electron chi connectivity index (χ3n) is 5.30. The Labute approximate surface area is 238 Å². The zero-order valence-corrected chi connectivity index (χ0v) is 23.3. The van der Waals surface area contributed by atoms with E-state index in [9.17, 15) is 9.90 Å². The van der Waals surface area contributed by atoms with Crippen LogP contribution in [-0.4, -0.2) is 42.6 Å². The lowest BCUT2D eigenvalue weighted by atomic mass is 10.2. The molecule has 0 saturated carbocycles. The molecule has 0 amide bonds. The van der Waals surface area contributed by atoms with Gasteiger partial charge >= 0.3 is 5.97 Å². The summed E-state index contributed by atoms with van der Waals surface area (Å²) in [6, 6.07) is 15.3. The number of halogens is 2. The van der Waals surface area contributed by atoms with E-state index in [1.807, 2.05) is 0 Å². The van der Waals surface area contributed by atoms with Crippen LogP contribution in [0.15, 0.2) is 69.1 Å². The van der Waals surface area contributed by atoms with Gasteiger partial charge in [-0.15, -0.1) is 10.2 Å². The maximum atomic E-state index is 12.0. The fourth-order valence-corrected chi connectivity index (χ4v) is 4.50. The van der Waals surface area contributed by atoms with Gasteiger partial charge in [-0.1, -0.05) is 35.3 Å². The first-order valence-electron chi connectivity index (χ1n) is 11.2. The molecule has 12 heteroatoms. The van der Waals surface area contributed by atoms with Gasteiger partial charge in [0.1, 0.15) is 23.0 Å². The number of hydrogen-bond acceptors (Lipinski definition) is 9. The van der Waals surface area contributed by atoms with Crippen LogP contribution in [0.2, 0.25) is 10.0 Å². The molecule has 0 bridgehead atoms. The number of aliphatic carboxylic acids is 1.